The van der Waals surface area contributed by atoms with Gasteiger partial charge in [0.2, 0.25) is 11.8 Å². The topological polar surface area (TPSA) is 45.1 Å². The van der Waals surface area contributed by atoms with Gasteiger partial charge >= 0.3 is 0 Å². The molecule has 2 heterocycles. The van der Waals surface area contributed by atoms with Gasteiger partial charge in [-0.2, -0.15) is 0 Å². The first kappa shape index (κ1) is 16.6. The van der Waals surface area contributed by atoms with E-state index in [9.17, 15) is 9.59 Å². The molecule has 1 N–H and O–H groups in total. The quantitative estimate of drug-likeness (QED) is 0.645. The van der Waals surface area contributed by atoms with E-state index in [2.05, 4.69) is 11.0 Å². The van der Waals surface area contributed by atoms with E-state index in [1.807, 2.05) is 30.4 Å². The van der Waals surface area contributed by atoms with Gasteiger partial charge in [-0.1, -0.05) is 29.8 Å². The second kappa shape index (κ2) is 6.81. The van der Waals surface area contributed by atoms with Crippen LogP contribution in [0, 0.1) is 11.8 Å². The molecule has 0 unspecified atom stereocenters. The number of carbonyl (C=O) groups excluding carboxylic acids is 2. The van der Waals surface area contributed by atoms with Crippen LogP contribution in [0.4, 0.5) is 5.69 Å². The SMILES string of the molecule is O=C1[C@H]2CC=CC[C@H]2C(=O)N1C[NH+]1CCN(c2cccc(Cl)c2)CC1. The molecule has 0 bridgehead atoms. The number of hydrogen-bond acceptors (Lipinski definition) is 3. The number of imide groups is 1. The average molecular weight is 361 g/mol. The first-order chi connectivity index (χ1) is 12.1. The highest BCUT2D eigenvalue weighted by Crippen LogP contribution is 2.34. The number of quaternary nitrogens is 1. The smallest absolute Gasteiger partial charge is 0.237 e. The minimum absolute atomic E-state index is 0.0316. The number of hydrogen-bond donors (Lipinski definition) is 1. The minimum atomic E-state index is -0.121. The number of amides is 2. The Balaban J connectivity index is 1.36. The van der Waals surface area contributed by atoms with E-state index in [1.165, 1.54) is 9.80 Å². The van der Waals surface area contributed by atoms with Crippen molar-refractivity contribution < 1.29 is 14.5 Å². The Kier molecular flexibility index (Phi) is 4.52. The van der Waals surface area contributed by atoms with Crippen LogP contribution in [0.1, 0.15) is 12.8 Å². The molecule has 2 amide bonds. The van der Waals surface area contributed by atoms with Gasteiger partial charge in [0.05, 0.1) is 38.0 Å². The number of piperazine rings is 1. The largest absolute Gasteiger partial charge is 0.360 e. The molecule has 0 aromatic heterocycles. The Bertz CT molecular complexity index is 686. The van der Waals surface area contributed by atoms with E-state index in [-0.39, 0.29) is 23.7 Å². The zero-order valence-corrected chi connectivity index (χ0v) is 14.9. The third-order valence-electron chi connectivity index (χ3n) is 5.62. The van der Waals surface area contributed by atoms with Crippen LogP contribution >= 0.6 is 11.6 Å². The monoisotopic (exact) mass is 360 g/mol. The van der Waals surface area contributed by atoms with Gasteiger partial charge in [-0.15, -0.1) is 0 Å². The van der Waals surface area contributed by atoms with E-state index < -0.39 is 0 Å². The van der Waals surface area contributed by atoms with E-state index >= 15 is 0 Å². The maximum atomic E-state index is 12.6. The summed E-state index contributed by atoms with van der Waals surface area (Å²) in [4.78, 5) is 30.3. The van der Waals surface area contributed by atoms with Gasteiger partial charge < -0.3 is 9.80 Å². The third-order valence-corrected chi connectivity index (χ3v) is 5.86. The summed E-state index contributed by atoms with van der Waals surface area (Å²) in [5.74, 6) is -0.178. The lowest BCUT2D eigenvalue weighted by Gasteiger charge is -2.35. The molecular weight excluding hydrogens is 338 g/mol. The number of halogens is 1. The molecule has 0 radical (unpaired) electrons. The molecule has 6 heteroatoms. The van der Waals surface area contributed by atoms with Crippen molar-refractivity contribution in [1.29, 1.82) is 0 Å². The lowest BCUT2D eigenvalue weighted by Crippen LogP contribution is -3.16. The summed E-state index contributed by atoms with van der Waals surface area (Å²) in [6, 6.07) is 7.90. The number of nitrogens with zero attached hydrogens (tertiary/aromatic N) is 2. The van der Waals surface area contributed by atoms with Gasteiger partial charge in [0.15, 0.2) is 6.67 Å². The lowest BCUT2D eigenvalue weighted by atomic mass is 9.85. The van der Waals surface area contributed by atoms with Crippen LogP contribution in [0.15, 0.2) is 36.4 Å². The number of benzene rings is 1. The molecule has 132 valence electrons. The van der Waals surface area contributed by atoms with Crippen molar-refractivity contribution in [3.05, 3.63) is 41.4 Å². The number of rotatable bonds is 3. The highest BCUT2D eigenvalue weighted by molar-refractivity contribution is 6.30. The van der Waals surface area contributed by atoms with Gasteiger partial charge in [0, 0.05) is 10.7 Å². The van der Waals surface area contributed by atoms with Crippen LogP contribution < -0.4 is 9.80 Å². The molecule has 1 aromatic carbocycles. The van der Waals surface area contributed by atoms with Crippen LogP contribution in [0.5, 0.6) is 0 Å². The van der Waals surface area contributed by atoms with Crippen molar-refractivity contribution in [2.75, 3.05) is 37.7 Å². The fourth-order valence-corrected chi connectivity index (χ4v) is 4.35. The Hall–Kier alpha value is -1.85. The van der Waals surface area contributed by atoms with Crippen molar-refractivity contribution in [1.82, 2.24) is 4.90 Å². The van der Waals surface area contributed by atoms with Gasteiger partial charge in [0.25, 0.3) is 0 Å². The lowest BCUT2D eigenvalue weighted by molar-refractivity contribution is -0.908. The fraction of sp³-hybridized carbons (Fsp3) is 0.474. The summed E-state index contributed by atoms with van der Waals surface area (Å²) < 4.78 is 0. The second-order valence-corrected chi connectivity index (χ2v) is 7.57. The normalized spacial score (nSPS) is 27.1. The Morgan fingerprint density at radius 2 is 1.68 bits per heavy atom. The predicted molar refractivity (Wildman–Crippen MR) is 96.4 cm³/mol. The minimum Gasteiger partial charge on any atom is -0.360 e. The Morgan fingerprint density at radius 1 is 1.04 bits per heavy atom. The molecule has 2 fully saturated rings. The van der Waals surface area contributed by atoms with Crippen LogP contribution in [-0.2, 0) is 9.59 Å². The summed E-state index contributed by atoms with van der Waals surface area (Å²) in [5, 5.41) is 0.747. The van der Waals surface area contributed by atoms with Crippen molar-refractivity contribution in [2.24, 2.45) is 11.8 Å². The van der Waals surface area contributed by atoms with Gasteiger partial charge in [-0.25, -0.2) is 4.90 Å². The molecule has 0 spiro atoms. The molecule has 1 aliphatic carbocycles. The number of anilines is 1. The average Bonchev–Trinajstić information content (AvgIpc) is 2.88. The maximum Gasteiger partial charge on any atom is 0.237 e. The van der Waals surface area contributed by atoms with E-state index in [0.717, 1.165) is 36.9 Å². The molecule has 5 nitrogen and oxygen atoms in total. The summed E-state index contributed by atoms with van der Waals surface area (Å²) in [7, 11) is 0. The maximum absolute atomic E-state index is 12.6. The van der Waals surface area contributed by atoms with Crippen molar-refractivity contribution in [3.63, 3.8) is 0 Å². The Labute approximate surface area is 152 Å². The highest BCUT2D eigenvalue weighted by Gasteiger charge is 2.48. The molecule has 3 aliphatic rings. The summed E-state index contributed by atoms with van der Waals surface area (Å²) in [6.07, 6.45) is 5.49. The zero-order valence-electron chi connectivity index (χ0n) is 14.2. The van der Waals surface area contributed by atoms with Crippen molar-refractivity contribution >= 4 is 29.1 Å². The van der Waals surface area contributed by atoms with Gasteiger partial charge in [0.1, 0.15) is 0 Å². The number of likely N-dealkylation sites (tertiary alicyclic amines) is 1. The van der Waals surface area contributed by atoms with E-state index in [4.69, 9.17) is 11.6 Å². The standard InChI is InChI=1S/C19H22ClN3O2/c20-14-4-3-5-15(12-14)22-10-8-21(9-11-22)13-23-18(24)16-6-1-2-7-17(16)19(23)25/h1-5,12,16-17H,6-11,13H2/p+1/t16-,17+. The Morgan fingerprint density at radius 3 is 2.28 bits per heavy atom. The molecule has 1 aromatic rings. The van der Waals surface area contributed by atoms with Crippen LogP contribution in [-0.4, -0.2) is 49.6 Å². The first-order valence-corrected chi connectivity index (χ1v) is 9.35. The number of fused-ring (bicyclic) bond motifs is 1. The predicted octanol–water partition coefficient (Wildman–Crippen LogP) is 0.954. The molecule has 25 heavy (non-hydrogen) atoms. The molecule has 0 saturated carbocycles. The summed E-state index contributed by atoms with van der Waals surface area (Å²) in [6.45, 7) is 4.14. The van der Waals surface area contributed by atoms with Crippen molar-refractivity contribution in [3.8, 4) is 0 Å². The number of allylic oxidation sites excluding steroid dienone is 2. The number of nitrogens with one attached hydrogen (secondary N) is 1. The number of carbonyl (C=O) groups is 2. The van der Waals surface area contributed by atoms with Crippen LogP contribution in [0.3, 0.4) is 0 Å². The highest BCUT2D eigenvalue weighted by atomic mass is 35.5. The van der Waals surface area contributed by atoms with Crippen LogP contribution in [0.2, 0.25) is 5.02 Å². The summed E-state index contributed by atoms with van der Waals surface area (Å²) in [5.41, 5.74) is 1.14. The second-order valence-electron chi connectivity index (χ2n) is 7.14. The molecule has 4 rings (SSSR count). The van der Waals surface area contributed by atoms with E-state index in [0.29, 0.717) is 19.5 Å². The molecular formula is C19H23ClN3O2+. The molecule has 2 saturated heterocycles. The third kappa shape index (κ3) is 3.18. The zero-order chi connectivity index (χ0) is 17.4. The van der Waals surface area contributed by atoms with Crippen molar-refractivity contribution in [2.45, 2.75) is 12.8 Å². The van der Waals surface area contributed by atoms with E-state index in [1.54, 1.807) is 0 Å². The summed E-state index contributed by atoms with van der Waals surface area (Å²) >= 11 is 6.08. The van der Waals surface area contributed by atoms with Gasteiger partial charge in [-0.05, 0) is 31.0 Å². The fourth-order valence-electron chi connectivity index (χ4n) is 4.16. The molecule has 2 atom stereocenters. The first-order valence-electron chi connectivity index (χ1n) is 8.98. The van der Waals surface area contributed by atoms with Crippen LogP contribution in [0.25, 0.3) is 0 Å². The molecule has 2 aliphatic heterocycles. The van der Waals surface area contributed by atoms with Gasteiger partial charge in [-0.3, -0.25) is 9.59 Å².